The van der Waals surface area contributed by atoms with E-state index in [1.54, 1.807) is 12.1 Å². The summed E-state index contributed by atoms with van der Waals surface area (Å²) in [5.41, 5.74) is 2.03. The van der Waals surface area contributed by atoms with E-state index in [2.05, 4.69) is 25.2 Å². The summed E-state index contributed by atoms with van der Waals surface area (Å²) in [7, 11) is 0. The van der Waals surface area contributed by atoms with Gasteiger partial charge in [0.05, 0.1) is 12.7 Å². The minimum Gasteiger partial charge on any atom is -0.378 e. The second-order valence-corrected chi connectivity index (χ2v) is 5.63. The van der Waals surface area contributed by atoms with E-state index >= 15 is 0 Å². The average molecular weight is 265 g/mol. The molecule has 106 valence electrons. The zero-order valence-corrected chi connectivity index (χ0v) is 12.1. The van der Waals surface area contributed by atoms with Crippen LogP contribution in [0.3, 0.4) is 0 Å². The molecule has 0 aromatic heterocycles. The lowest BCUT2D eigenvalue weighted by atomic mass is 9.90. The first-order valence-corrected chi connectivity index (χ1v) is 7.22. The van der Waals surface area contributed by atoms with Crippen molar-refractivity contribution in [1.29, 1.82) is 0 Å². The summed E-state index contributed by atoms with van der Waals surface area (Å²) < 4.78 is 19.3. The maximum absolute atomic E-state index is 13.6. The summed E-state index contributed by atoms with van der Waals surface area (Å²) in [6, 6.07) is 5.51. The summed E-state index contributed by atoms with van der Waals surface area (Å²) in [5, 5.41) is 3.56. The van der Waals surface area contributed by atoms with Crippen molar-refractivity contribution in [3.63, 3.8) is 0 Å². The summed E-state index contributed by atoms with van der Waals surface area (Å²) in [6.45, 7) is 7.91. The molecule has 1 heterocycles. The molecular weight excluding hydrogens is 241 g/mol. The third kappa shape index (κ3) is 3.77. The van der Waals surface area contributed by atoms with E-state index in [0.29, 0.717) is 12.0 Å². The van der Waals surface area contributed by atoms with Crippen LogP contribution in [0.15, 0.2) is 18.2 Å². The van der Waals surface area contributed by atoms with Gasteiger partial charge in [0.2, 0.25) is 0 Å². The third-order valence-corrected chi connectivity index (χ3v) is 3.74. The third-order valence-electron chi connectivity index (χ3n) is 3.74. The maximum atomic E-state index is 13.6. The normalized spacial score (nSPS) is 24.6. The van der Waals surface area contributed by atoms with E-state index in [1.807, 2.05) is 6.92 Å². The molecule has 1 aliphatic heterocycles. The lowest BCUT2D eigenvalue weighted by molar-refractivity contribution is 0.117. The fourth-order valence-electron chi connectivity index (χ4n) is 2.88. The molecule has 1 aromatic carbocycles. The molecule has 0 aliphatic carbocycles. The van der Waals surface area contributed by atoms with E-state index in [4.69, 9.17) is 4.74 Å². The predicted octanol–water partition coefficient (Wildman–Crippen LogP) is 3.60. The van der Waals surface area contributed by atoms with E-state index in [9.17, 15) is 4.39 Å². The zero-order chi connectivity index (χ0) is 13.8. The van der Waals surface area contributed by atoms with Gasteiger partial charge in [-0.15, -0.1) is 0 Å². The van der Waals surface area contributed by atoms with Crippen molar-refractivity contribution in [2.24, 2.45) is 5.92 Å². The number of rotatable bonds is 5. The number of aryl methyl sites for hydroxylation is 1. The number of ether oxygens (including phenoxy) is 1. The smallest absolute Gasteiger partial charge is 0.123 e. The Morgan fingerprint density at radius 2 is 2.21 bits per heavy atom. The minimum absolute atomic E-state index is 0.148. The molecule has 2 nitrogen and oxygen atoms in total. The lowest BCUT2D eigenvalue weighted by Gasteiger charge is -2.25. The van der Waals surface area contributed by atoms with Gasteiger partial charge in [0, 0.05) is 12.0 Å². The Labute approximate surface area is 115 Å². The molecule has 1 N–H and O–H groups in total. The highest BCUT2D eigenvalue weighted by atomic mass is 19.1. The van der Waals surface area contributed by atoms with Crippen LogP contribution < -0.4 is 5.32 Å². The SMILES string of the molecule is CCCNC(c1cc(C)cc(F)c1)C1COC(C)C1. The molecule has 0 amide bonds. The van der Waals surface area contributed by atoms with Gasteiger partial charge in [-0.1, -0.05) is 13.0 Å². The Bertz CT molecular complexity index is 401. The van der Waals surface area contributed by atoms with Gasteiger partial charge in [-0.05, 0) is 56.5 Å². The lowest BCUT2D eigenvalue weighted by Crippen LogP contribution is -2.29. The van der Waals surface area contributed by atoms with Crippen LogP contribution in [0.1, 0.15) is 43.9 Å². The average Bonchev–Trinajstić information content (AvgIpc) is 2.75. The van der Waals surface area contributed by atoms with Gasteiger partial charge in [-0.3, -0.25) is 0 Å². The van der Waals surface area contributed by atoms with Crippen LogP contribution >= 0.6 is 0 Å². The highest BCUT2D eigenvalue weighted by molar-refractivity contribution is 5.27. The summed E-state index contributed by atoms with van der Waals surface area (Å²) in [4.78, 5) is 0. The Morgan fingerprint density at radius 1 is 1.42 bits per heavy atom. The molecule has 1 saturated heterocycles. The molecule has 1 aliphatic rings. The quantitative estimate of drug-likeness (QED) is 0.878. The van der Waals surface area contributed by atoms with Crippen molar-refractivity contribution in [2.45, 2.75) is 45.8 Å². The fraction of sp³-hybridized carbons (Fsp3) is 0.625. The second kappa shape index (κ2) is 6.49. The van der Waals surface area contributed by atoms with Crippen LogP contribution in [-0.4, -0.2) is 19.3 Å². The van der Waals surface area contributed by atoms with Crippen LogP contribution in [0.4, 0.5) is 4.39 Å². The van der Waals surface area contributed by atoms with Gasteiger partial charge in [-0.25, -0.2) is 4.39 Å². The van der Waals surface area contributed by atoms with E-state index in [0.717, 1.165) is 37.1 Å². The van der Waals surface area contributed by atoms with Crippen molar-refractivity contribution >= 4 is 0 Å². The van der Waals surface area contributed by atoms with Crippen LogP contribution in [0.25, 0.3) is 0 Å². The first-order chi connectivity index (χ1) is 9.10. The predicted molar refractivity (Wildman–Crippen MR) is 75.7 cm³/mol. The molecule has 1 aromatic rings. The molecule has 0 saturated carbocycles. The molecule has 1 fully saturated rings. The second-order valence-electron chi connectivity index (χ2n) is 5.63. The van der Waals surface area contributed by atoms with Gasteiger partial charge in [0.1, 0.15) is 5.82 Å². The Balaban J connectivity index is 2.20. The molecule has 0 bridgehead atoms. The monoisotopic (exact) mass is 265 g/mol. The molecule has 3 heteroatoms. The van der Waals surface area contributed by atoms with Crippen molar-refractivity contribution in [1.82, 2.24) is 5.32 Å². The summed E-state index contributed by atoms with van der Waals surface area (Å²) in [5.74, 6) is 0.285. The first-order valence-electron chi connectivity index (χ1n) is 7.22. The molecule has 3 atom stereocenters. The van der Waals surface area contributed by atoms with Gasteiger partial charge in [-0.2, -0.15) is 0 Å². The molecule has 0 radical (unpaired) electrons. The van der Waals surface area contributed by atoms with Crippen LogP contribution in [0.5, 0.6) is 0 Å². The largest absolute Gasteiger partial charge is 0.378 e. The fourth-order valence-corrected chi connectivity index (χ4v) is 2.88. The van der Waals surface area contributed by atoms with E-state index in [1.165, 1.54) is 0 Å². The van der Waals surface area contributed by atoms with Gasteiger partial charge in [0.15, 0.2) is 0 Å². The van der Waals surface area contributed by atoms with Crippen LogP contribution in [0.2, 0.25) is 0 Å². The topological polar surface area (TPSA) is 21.3 Å². The molecule has 3 unspecified atom stereocenters. The van der Waals surface area contributed by atoms with Gasteiger partial charge in [0.25, 0.3) is 0 Å². The van der Waals surface area contributed by atoms with Crippen molar-refractivity contribution in [3.8, 4) is 0 Å². The number of halogens is 1. The molecule has 2 rings (SSSR count). The van der Waals surface area contributed by atoms with E-state index < -0.39 is 0 Å². The number of nitrogens with one attached hydrogen (secondary N) is 1. The number of benzene rings is 1. The van der Waals surface area contributed by atoms with Crippen molar-refractivity contribution in [3.05, 3.63) is 35.1 Å². The number of hydrogen-bond acceptors (Lipinski definition) is 2. The highest BCUT2D eigenvalue weighted by Gasteiger charge is 2.30. The minimum atomic E-state index is -0.148. The standard InChI is InChI=1S/C16H24FNO/c1-4-5-18-16(14-8-12(3)19-10-14)13-6-11(2)7-15(17)9-13/h6-7,9,12,14,16,18H,4-5,8,10H2,1-3H3. The van der Waals surface area contributed by atoms with Gasteiger partial charge < -0.3 is 10.1 Å². The highest BCUT2D eigenvalue weighted by Crippen LogP contribution is 2.32. The Kier molecular flexibility index (Phi) is 4.94. The summed E-state index contributed by atoms with van der Waals surface area (Å²) >= 11 is 0. The molecular formula is C16H24FNO. The molecule has 0 spiro atoms. The van der Waals surface area contributed by atoms with Crippen molar-refractivity contribution in [2.75, 3.05) is 13.2 Å². The van der Waals surface area contributed by atoms with E-state index in [-0.39, 0.29) is 11.9 Å². The maximum Gasteiger partial charge on any atom is 0.123 e. The summed E-state index contributed by atoms with van der Waals surface area (Å²) in [6.07, 6.45) is 2.43. The van der Waals surface area contributed by atoms with Crippen LogP contribution in [0, 0.1) is 18.7 Å². The van der Waals surface area contributed by atoms with Gasteiger partial charge >= 0.3 is 0 Å². The zero-order valence-electron chi connectivity index (χ0n) is 12.1. The Hall–Kier alpha value is -0.930. The number of hydrogen-bond donors (Lipinski definition) is 1. The molecule has 19 heavy (non-hydrogen) atoms. The Morgan fingerprint density at radius 3 is 2.79 bits per heavy atom. The van der Waals surface area contributed by atoms with Crippen molar-refractivity contribution < 1.29 is 9.13 Å². The first kappa shape index (κ1) is 14.5. The van der Waals surface area contributed by atoms with Crippen LogP contribution in [-0.2, 0) is 4.74 Å².